The molecule has 0 atom stereocenters. The van der Waals surface area contributed by atoms with Crippen molar-refractivity contribution in [2.75, 3.05) is 0 Å². The third kappa shape index (κ3) is 3.34. The van der Waals surface area contributed by atoms with Crippen molar-refractivity contribution < 1.29 is 9.90 Å². The average molecular weight is 329 g/mol. The van der Waals surface area contributed by atoms with E-state index in [1.54, 1.807) is 17.8 Å². The first-order valence-electron chi connectivity index (χ1n) is 4.85. The van der Waals surface area contributed by atoms with E-state index in [4.69, 9.17) is 5.11 Å². The number of carboxylic acids is 1. The van der Waals surface area contributed by atoms with Gasteiger partial charge in [-0.2, -0.15) is 0 Å². The monoisotopic (exact) mass is 328 g/mol. The number of hydrogen-bond acceptors (Lipinski definition) is 3. The lowest BCUT2D eigenvalue weighted by molar-refractivity contribution is 0.0702. The van der Waals surface area contributed by atoms with Crippen LogP contribution in [0, 0.1) is 0 Å². The third-order valence-corrected chi connectivity index (χ3v) is 5.00. The summed E-state index contributed by atoms with van der Waals surface area (Å²) < 4.78 is 1.08. The van der Waals surface area contributed by atoms with E-state index >= 15 is 0 Å². The first-order chi connectivity index (χ1) is 8.16. The third-order valence-electron chi connectivity index (χ3n) is 2.14. The number of rotatable bonds is 4. The Morgan fingerprint density at radius 1 is 1.41 bits per heavy atom. The van der Waals surface area contributed by atoms with Crippen molar-refractivity contribution in [2.45, 2.75) is 10.6 Å². The van der Waals surface area contributed by atoms with Crippen molar-refractivity contribution >= 4 is 45.0 Å². The molecule has 0 saturated heterocycles. The molecule has 0 radical (unpaired) electrons. The first kappa shape index (κ1) is 12.7. The second-order valence-corrected chi connectivity index (χ2v) is 6.15. The molecular formula is C12H9BrO2S2. The van der Waals surface area contributed by atoms with E-state index in [1.165, 1.54) is 16.9 Å². The number of aromatic carboxylic acids is 1. The van der Waals surface area contributed by atoms with E-state index in [2.05, 4.69) is 22.0 Å². The molecule has 0 bridgehead atoms. The van der Waals surface area contributed by atoms with Gasteiger partial charge >= 0.3 is 5.97 Å². The topological polar surface area (TPSA) is 37.3 Å². The molecule has 0 amide bonds. The number of carbonyl (C=O) groups is 1. The smallest absolute Gasteiger partial charge is 0.345 e. The highest BCUT2D eigenvalue weighted by Gasteiger charge is 2.07. The number of halogens is 1. The number of carboxylic acid groups (broad SMARTS) is 1. The fourth-order valence-electron chi connectivity index (χ4n) is 1.28. The zero-order chi connectivity index (χ0) is 12.3. The van der Waals surface area contributed by atoms with Crippen LogP contribution in [0.4, 0.5) is 0 Å². The molecule has 17 heavy (non-hydrogen) atoms. The molecule has 0 unspecified atom stereocenters. The van der Waals surface area contributed by atoms with E-state index < -0.39 is 5.97 Å². The van der Waals surface area contributed by atoms with Gasteiger partial charge in [0, 0.05) is 20.5 Å². The lowest BCUT2D eigenvalue weighted by Crippen LogP contribution is -1.89. The molecule has 0 spiro atoms. The van der Waals surface area contributed by atoms with E-state index in [-0.39, 0.29) is 0 Å². The predicted octanol–water partition coefficient (Wildman–Crippen LogP) is 4.50. The second-order valence-electron chi connectivity index (χ2n) is 3.33. The van der Waals surface area contributed by atoms with Crippen LogP contribution in [-0.2, 0) is 5.75 Å². The first-order valence-corrected chi connectivity index (χ1v) is 7.50. The van der Waals surface area contributed by atoms with Crippen LogP contribution in [0.15, 0.2) is 45.1 Å². The molecule has 0 fully saturated rings. The highest BCUT2D eigenvalue weighted by Crippen LogP contribution is 2.29. The van der Waals surface area contributed by atoms with Crippen LogP contribution in [0.1, 0.15) is 15.2 Å². The number of hydrogen-bond donors (Lipinski definition) is 1. The summed E-state index contributed by atoms with van der Waals surface area (Å²) in [5, 5.41) is 10.7. The fourth-order valence-corrected chi connectivity index (χ4v) is 3.77. The maximum Gasteiger partial charge on any atom is 0.345 e. The standard InChI is InChI=1S/C12H9BrO2S2/c13-10-4-2-1-3-8(10)6-16-9-5-11(12(14)15)17-7-9/h1-5,7H,6H2,(H,14,15). The van der Waals surface area contributed by atoms with Gasteiger partial charge in [-0.05, 0) is 17.7 Å². The van der Waals surface area contributed by atoms with Crippen LogP contribution >= 0.6 is 39.0 Å². The van der Waals surface area contributed by atoms with Crippen LogP contribution in [0.25, 0.3) is 0 Å². The maximum atomic E-state index is 10.7. The minimum absolute atomic E-state index is 0.389. The summed E-state index contributed by atoms with van der Waals surface area (Å²) in [4.78, 5) is 12.1. The van der Waals surface area contributed by atoms with Crippen molar-refractivity contribution in [2.24, 2.45) is 0 Å². The summed E-state index contributed by atoms with van der Waals surface area (Å²) in [6, 6.07) is 9.75. The van der Waals surface area contributed by atoms with Crippen LogP contribution in [0.2, 0.25) is 0 Å². The Bertz CT molecular complexity index is 537. The molecule has 5 heteroatoms. The fraction of sp³-hybridized carbons (Fsp3) is 0.0833. The second kappa shape index (κ2) is 5.71. The Morgan fingerprint density at radius 2 is 2.18 bits per heavy atom. The molecule has 2 rings (SSSR count). The Morgan fingerprint density at radius 3 is 2.82 bits per heavy atom. The molecular weight excluding hydrogens is 320 g/mol. The number of thioether (sulfide) groups is 1. The van der Waals surface area contributed by atoms with E-state index in [0.29, 0.717) is 4.88 Å². The van der Waals surface area contributed by atoms with Gasteiger partial charge in [0.05, 0.1) is 0 Å². The Balaban J connectivity index is 2.02. The van der Waals surface area contributed by atoms with Crippen molar-refractivity contribution in [3.05, 3.63) is 50.6 Å². The van der Waals surface area contributed by atoms with Gasteiger partial charge in [-0.25, -0.2) is 4.79 Å². The lowest BCUT2D eigenvalue weighted by Gasteiger charge is -2.02. The highest BCUT2D eigenvalue weighted by molar-refractivity contribution is 9.10. The summed E-state index contributed by atoms with van der Waals surface area (Å²) in [5.41, 5.74) is 1.21. The van der Waals surface area contributed by atoms with Gasteiger partial charge < -0.3 is 5.11 Å². The highest BCUT2D eigenvalue weighted by atomic mass is 79.9. The largest absolute Gasteiger partial charge is 0.477 e. The molecule has 2 nitrogen and oxygen atoms in total. The Hall–Kier alpha value is -0.780. The molecule has 0 saturated carbocycles. The predicted molar refractivity (Wildman–Crippen MR) is 75.0 cm³/mol. The zero-order valence-electron chi connectivity index (χ0n) is 8.72. The van der Waals surface area contributed by atoms with Gasteiger partial charge in [0.2, 0.25) is 0 Å². The van der Waals surface area contributed by atoms with Crippen molar-refractivity contribution in [3.8, 4) is 0 Å². The van der Waals surface area contributed by atoms with Crippen LogP contribution in [-0.4, -0.2) is 11.1 Å². The molecule has 2 aromatic rings. The summed E-state index contributed by atoms with van der Waals surface area (Å²) in [7, 11) is 0. The van der Waals surface area contributed by atoms with Gasteiger partial charge in [0.25, 0.3) is 0 Å². The minimum Gasteiger partial charge on any atom is -0.477 e. The van der Waals surface area contributed by atoms with E-state index in [0.717, 1.165) is 15.1 Å². The summed E-state index contributed by atoms with van der Waals surface area (Å²) >= 11 is 6.40. The molecule has 0 aliphatic heterocycles. The van der Waals surface area contributed by atoms with Crippen molar-refractivity contribution in [3.63, 3.8) is 0 Å². The van der Waals surface area contributed by atoms with Crippen molar-refractivity contribution in [1.82, 2.24) is 0 Å². The molecule has 0 aliphatic carbocycles. The average Bonchev–Trinajstić information content (AvgIpc) is 2.77. The minimum atomic E-state index is -0.859. The molecule has 1 aromatic carbocycles. The molecule has 88 valence electrons. The Kier molecular flexibility index (Phi) is 4.25. The van der Waals surface area contributed by atoms with Gasteiger partial charge in [0.15, 0.2) is 0 Å². The van der Waals surface area contributed by atoms with Gasteiger partial charge in [-0.15, -0.1) is 23.1 Å². The quantitative estimate of drug-likeness (QED) is 0.839. The van der Waals surface area contributed by atoms with E-state index in [9.17, 15) is 4.79 Å². The van der Waals surface area contributed by atoms with Crippen LogP contribution in [0.5, 0.6) is 0 Å². The van der Waals surface area contributed by atoms with Crippen LogP contribution < -0.4 is 0 Å². The van der Waals surface area contributed by atoms with Gasteiger partial charge in [-0.1, -0.05) is 34.1 Å². The van der Waals surface area contributed by atoms with Crippen LogP contribution in [0.3, 0.4) is 0 Å². The maximum absolute atomic E-state index is 10.7. The SMILES string of the molecule is O=C(O)c1cc(SCc2ccccc2Br)cs1. The molecule has 0 aliphatic rings. The number of thiophene rings is 1. The molecule has 1 N–H and O–H groups in total. The van der Waals surface area contributed by atoms with Gasteiger partial charge in [0.1, 0.15) is 4.88 Å². The summed E-state index contributed by atoms with van der Waals surface area (Å²) in [5.74, 6) is -0.0280. The van der Waals surface area contributed by atoms with Gasteiger partial charge in [-0.3, -0.25) is 0 Å². The van der Waals surface area contributed by atoms with Crippen molar-refractivity contribution in [1.29, 1.82) is 0 Å². The molecule has 1 aromatic heterocycles. The normalized spacial score (nSPS) is 10.4. The lowest BCUT2D eigenvalue weighted by atomic mass is 10.2. The number of benzene rings is 1. The zero-order valence-corrected chi connectivity index (χ0v) is 11.9. The van der Waals surface area contributed by atoms with E-state index in [1.807, 2.05) is 23.6 Å². The molecule has 1 heterocycles. The Labute approximate surface area is 116 Å². The summed E-state index contributed by atoms with van der Waals surface area (Å²) in [6.45, 7) is 0. The summed E-state index contributed by atoms with van der Waals surface area (Å²) in [6.07, 6.45) is 0.